The van der Waals surface area contributed by atoms with Gasteiger partial charge in [-0.1, -0.05) is 19.1 Å². The van der Waals surface area contributed by atoms with Crippen LogP contribution in [-0.2, 0) is 6.42 Å². The Labute approximate surface area is 148 Å². The molecule has 0 aliphatic carbocycles. The molecule has 0 atom stereocenters. The van der Waals surface area contributed by atoms with Crippen molar-refractivity contribution in [2.75, 3.05) is 17.7 Å². The standard InChI is InChI=1S/C20H22N4O/c1-4-15-5-7-17(8-6-15)23-20-21-14(2)13-19(24-20)22-16-9-11-18(25-3)12-10-16/h5-13H,4H2,1-3H3,(H2,21,22,23,24). The van der Waals surface area contributed by atoms with E-state index in [0.717, 1.165) is 35.1 Å². The molecule has 0 fully saturated rings. The number of ether oxygens (including phenoxy) is 1. The maximum Gasteiger partial charge on any atom is 0.229 e. The van der Waals surface area contributed by atoms with Crippen molar-refractivity contribution in [1.29, 1.82) is 0 Å². The minimum atomic E-state index is 0.570. The molecule has 5 heteroatoms. The van der Waals surface area contributed by atoms with Crippen LogP contribution in [0.1, 0.15) is 18.2 Å². The van der Waals surface area contributed by atoms with Crippen LogP contribution in [0.3, 0.4) is 0 Å². The Kier molecular flexibility index (Phi) is 5.14. The van der Waals surface area contributed by atoms with Crippen LogP contribution < -0.4 is 15.4 Å². The third kappa shape index (κ3) is 4.47. The summed E-state index contributed by atoms with van der Waals surface area (Å²) in [6, 6.07) is 17.9. The molecule has 0 spiro atoms. The summed E-state index contributed by atoms with van der Waals surface area (Å²) in [5, 5.41) is 6.55. The summed E-state index contributed by atoms with van der Waals surface area (Å²) in [4.78, 5) is 9.00. The SMILES string of the molecule is CCc1ccc(Nc2nc(C)cc(Nc3ccc(OC)cc3)n2)cc1. The van der Waals surface area contributed by atoms with E-state index in [1.54, 1.807) is 7.11 Å². The van der Waals surface area contributed by atoms with Crippen molar-refractivity contribution in [2.24, 2.45) is 0 Å². The fourth-order valence-electron chi connectivity index (χ4n) is 2.46. The van der Waals surface area contributed by atoms with Crippen molar-refractivity contribution in [3.8, 4) is 5.75 Å². The van der Waals surface area contributed by atoms with E-state index < -0.39 is 0 Å². The van der Waals surface area contributed by atoms with Crippen LogP contribution in [0, 0.1) is 6.92 Å². The maximum atomic E-state index is 5.18. The molecular weight excluding hydrogens is 312 g/mol. The van der Waals surface area contributed by atoms with Gasteiger partial charge in [-0.05, 0) is 55.3 Å². The van der Waals surface area contributed by atoms with Gasteiger partial charge in [0.2, 0.25) is 5.95 Å². The van der Waals surface area contributed by atoms with Gasteiger partial charge in [0.1, 0.15) is 11.6 Å². The molecule has 2 aromatic carbocycles. The van der Waals surface area contributed by atoms with Gasteiger partial charge in [-0.2, -0.15) is 4.98 Å². The molecule has 3 aromatic rings. The summed E-state index contributed by atoms with van der Waals surface area (Å²) < 4.78 is 5.18. The van der Waals surface area contributed by atoms with Crippen molar-refractivity contribution in [1.82, 2.24) is 9.97 Å². The van der Waals surface area contributed by atoms with E-state index in [9.17, 15) is 0 Å². The Balaban J connectivity index is 1.76. The van der Waals surface area contributed by atoms with Gasteiger partial charge in [-0.25, -0.2) is 4.98 Å². The molecule has 5 nitrogen and oxygen atoms in total. The predicted octanol–water partition coefficient (Wildman–Crippen LogP) is 4.84. The zero-order valence-corrected chi connectivity index (χ0v) is 14.7. The lowest BCUT2D eigenvalue weighted by molar-refractivity contribution is 0.415. The molecule has 0 saturated carbocycles. The number of hydrogen-bond donors (Lipinski definition) is 2. The van der Waals surface area contributed by atoms with E-state index in [-0.39, 0.29) is 0 Å². The largest absolute Gasteiger partial charge is 0.497 e. The number of methoxy groups -OCH3 is 1. The zero-order chi connectivity index (χ0) is 17.6. The van der Waals surface area contributed by atoms with Gasteiger partial charge in [0.15, 0.2) is 0 Å². The van der Waals surface area contributed by atoms with E-state index in [4.69, 9.17) is 4.74 Å². The summed E-state index contributed by atoms with van der Waals surface area (Å²) in [5.41, 5.74) is 4.10. The van der Waals surface area contributed by atoms with Gasteiger partial charge >= 0.3 is 0 Å². The average Bonchev–Trinajstić information content (AvgIpc) is 2.62. The summed E-state index contributed by atoms with van der Waals surface area (Å²) in [7, 11) is 1.65. The first kappa shape index (κ1) is 16.8. The highest BCUT2D eigenvalue weighted by Crippen LogP contribution is 2.21. The van der Waals surface area contributed by atoms with Crippen LogP contribution in [0.15, 0.2) is 54.6 Å². The molecule has 0 aliphatic heterocycles. The normalized spacial score (nSPS) is 10.4. The Bertz CT molecular complexity index is 762. The number of anilines is 4. The van der Waals surface area contributed by atoms with Crippen molar-refractivity contribution >= 4 is 23.1 Å². The first-order chi connectivity index (χ1) is 12.2. The van der Waals surface area contributed by atoms with Gasteiger partial charge in [-0.3, -0.25) is 0 Å². The molecule has 0 saturated heterocycles. The first-order valence-corrected chi connectivity index (χ1v) is 8.29. The minimum Gasteiger partial charge on any atom is -0.497 e. The quantitative estimate of drug-likeness (QED) is 0.675. The number of aromatic nitrogens is 2. The zero-order valence-electron chi connectivity index (χ0n) is 14.7. The van der Waals surface area contributed by atoms with E-state index in [0.29, 0.717) is 5.95 Å². The van der Waals surface area contributed by atoms with Crippen LogP contribution >= 0.6 is 0 Å². The molecular formula is C20H22N4O. The number of nitrogens with zero attached hydrogens (tertiary/aromatic N) is 2. The second-order valence-electron chi connectivity index (χ2n) is 5.75. The van der Waals surface area contributed by atoms with Gasteiger partial charge in [0.05, 0.1) is 7.11 Å². The number of hydrogen-bond acceptors (Lipinski definition) is 5. The fourth-order valence-corrected chi connectivity index (χ4v) is 2.46. The van der Waals surface area contributed by atoms with E-state index in [1.165, 1.54) is 5.56 Å². The maximum absolute atomic E-state index is 5.18. The highest BCUT2D eigenvalue weighted by Gasteiger charge is 2.04. The molecule has 2 N–H and O–H groups in total. The Hall–Kier alpha value is -3.08. The lowest BCUT2D eigenvalue weighted by atomic mass is 10.1. The van der Waals surface area contributed by atoms with Crippen LogP contribution in [0.25, 0.3) is 0 Å². The summed E-state index contributed by atoms with van der Waals surface area (Å²) >= 11 is 0. The van der Waals surface area contributed by atoms with Crippen LogP contribution in [0.4, 0.5) is 23.1 Å². The second kappa shape index (κ2) is 7.66. The van der Waals surface area contributed by atoms with E-state index in [1.807, 2.05) is 49.4 Å². The Morgan fingerprint density at radius 1 is 0.880 bits per heavy atom. The molecule has 0 aliphatic rings. The third-order valence-corrected chi connectivity index (χ3v) is 3.83. The van der Waals surface area contributed by atoms with Gasteiger partial charge in [-0.15, -0.1) is 0 Å². The molecule has 0 unspecified atom stereocenters. The average molecular weight is 334 g/mol. The smallest absolute Gasteiger partial charge is 0.229 e. The second-order valence-corrected chi connectivity index (χ2v) is 5.75. The topological polar surface area (TPSA) is 59.1 Å². The molecule has 0 amide bonds. The van der Waals surface area contributed by atoms with Gasteiger partial charge < -0.3 is 15.4 Å². The number of nitrogens with one attached hydrogen (secondary N) is 2. The monoisotopic (exact) mass is 334 g/mol. The van der Waals surface area contributed by atoms with Crippen LogP contribution in [0.5, 0.6) is 5.75 Å². The lowest BCUT2D eigenvalue weighted by Gasteiger charge is -2.11. The van der Waals surface area contributed by atoms with Crippen molar-refractivity contribution in [3.63, 3.8) is 0 Å². The van der Waals surface area contributed by atoms with E-state index in [2.05, 4.69) is 39.7 Å². The lowest BCUT2D eigenvalue weighted by Crippen LogP contribution is -2.02. The highest BCUT2D eigenvalue weighted by atomic mass is 16.5. The molecule has 128 valence electrons. The van der Waals surface area contributed by atoms with Crippen LogP contribution in [-0.4, -0.2) is 17.1 Å². The van der Waals surface area contributed by atoms with Crippen LogP contribution in [0.2, 0.25) is 0 Å². The van der Waals surface area contributed by atoms with Crippen molar-refractivity contribution in [2.45, 2.75) is 20.3 Å². The number of aryl methyl sites for hydroxylation is 2. The molecule has 25 heavy (non-hydrogen) atoms. The molecule has 1 heterocycles. The van der Waals surface area contributed by atoms with E-state index >= 15 is 0 Å². The fraction of sp³-hybridized carbons (Fsp3) is 0.200. The Morgan fingerprint density at radius 2 is 1.52 bits per heavy atom. The molecule has 0 bridgehead atoms. The summed E-state index contributed by atoms with van der Waals surface area (Å²) in [6.07, 6.45) is 1.02. The molecule has 0 radical (unpaired) electrons. The Morgan fingerprint density at radius 3 is 2.16 bits per heavy atom. The summed E-state index contributed by atoms with van der Waals surface area (Å²) in [6.45, 7) is 4.09. The van der Waals surface area contributed by atoms with Gasteiger partial charge in [0.25, 0.3) is 0 Å². The molecule has 3 rings (SSSR count). The third-order valence-electron chi connectivity index (χ3n) is 3.83. The summed E-state index contributed by atoms with van der Waals surface area (Å²) in [5.74, 6) is 2.13. The van der Waals surface area contributed by atoms with Crippen molar-refractivity contribution < 1.29 is 4.74 Å². The highest BCUT2D eigenvalue weighted by molar-refractivity contribution is 5.60. The minimum absolute atomic E-state index is 0.570. The number of benzene rings is 2. The first-order valence-electron chi connectivity index (χ1n) is 8.29. The number of rotatable bonds is 6. The van der Waals surface area contributed by atoms with Gasteiger partial charge in [0, 0.05) is 23.1 Å². The molecule has 1 aromatic heterocycles. The predicted molar refractivity (Wildman–Crippen MR) is 102 cm³/mol. The van der Waals surface area contributed by atoms with Crippen molar-refractivity contribution in [3.05, 3.63) is 65.9 Å².